The van der Waals surface area contributed by atoms with Gasteiger partial charge in [-0.05, 0) is 30.5 Å². The molecule has 0 aliphatic heterocycles. The van der Waals surface area contributed by atoms with Crippen LogP contribution < -0.4 is 5.32 Å². The van der Waals surface area contributed by atoms with Crippen LogP contribution >= 0.6 is 0 Å². The Labute approximate surface area is 125 Å². The third-order valence-corrected chi connectivity index (χ3v) is 4.19. The van der Waals surface area contributed by atoms with Gasteiger partial charge in [-0.25, -0.2) is 4.98 Å². The highest BCUT2D eigenvalue weighted by molar-refractivity contribution is 5.79. The Hall–Kier alpha value is -2.10. The van der Waals surface area contributed by atoms with Crippen LogP contribution in [0, 0.1) is 5.92 Å². The second-order valence-corrected chi connectivity index (χ2v) is 5.48. The quantitative estimate of drug-likeness (QED) is 0.739. The van der Waals surface area contributed by atoms with E-state index < -0.39 is 0 Å². The Morgan fingerprint density at radius 3 is 2.71 bits per heavy atom. The van der Waals surface area contributed by atoms with Crippen molar-refractivity contribution in [2.75, 3.05) is 11.9 Å². The minimum absolute atomic E-state index is 0.753. The summed E-state index contributed by atoms with van der Waals surface area (Å²) in [6, 6.07) is 10.1. The smallest absolute Gasteiger partial charge is 0.236 e. The summed E-state index contributed by atoms with van der Waals surface area (Å²) >= 11 is 0. The van der Waals surface area contributed by atoms with Crippen molar-refractivity contribution in [3.8, 4) is 0 Å². The van der Waals surface area contributed by atoms with Crippen molar-refractivity contribution >= 4 is 22.6 Å². The van der Waals surface area contributed by atoms with E-state index in [2.05, 4.69) is 35.2 Å². The summed E-state index contributed by atoms with van der Waals surface area (Å²) in [7, 11) is 0. The normalized spacial score (nSPS) is 11.6. The molecule has 0 saturated heterocycles. The molecule has 0 bridgehead atoms. The van der Waals surface area contributed by atoms with Crippen LogP contribution in [0.5, 0.6) is 0 Å². The lowest BCUT2D eigenvalue weighted by molar-refractivity contribution is 0.468. The number of benzene rings is 1. The molecule has 0 aliphatic rings. The third kappa shape index (κ3) is 2.84. The second-order valence-electron chi connectivity index (χ2n) is 5.48. The summed E-state index contributed by atoms with van der Waals surface area (Å²) in [6.45, 7) is 5.48. The second kappa shape index (κ2) is 6.12. The predicted molar refractivity (Wildman–Crippen MR) is 87.7 cm³/mol. The topological polar surface area (TPSA) is 42.2 Å². The number of para-hydroxylation sites is 2. The van der Waals surface area contributed by atoms with E-state index in [1.54, 1.807) is 0 Å². The van der Waals surface area contributed by atoms with Gasteiger partial charge < -0.3 is 5.32 Å². The monoisotopic (exact) mass is 282 g/mol. The Balaban J connectivity index is 1.77. The van der Waals surface area contributed by atoms with Gasteiger partial charge in [0, 0.05) is 12.7 Å². The van der Waals surface area contributed by atoms with E-state index in [1.807, 2.05) is 34.9 Å². The maximum absolute atomic E-state index is 4.60. The van der Waals surface area contributed by atoms with Gasteiger partial charge in [0.15, 0.2) is 0 Å². The van der Waals surface area contributed by atoms with Crippen molar-refractivity contribution in [2.45, 2.75) is 33.1 Å². The van der Waals surface area contributed by atoms with E-state index in [-0.39, 0.29) is 0 Å². The largest absolute Gasteiger partial charge is 0.370 e. The van der Waals surface area contributed by atoms with Gasteiger partial charge in [-0.3, -0.25) is 4.40 Å². The lowest BCUT2D eigenvalue weighted by Crippen LogP contribution is -2.09. The summed E-state index contributed by atoms with van der Waals surface area (Å²) in [5.74, 6) is 2.46. The standard InChI is InChI=1S/C17H22N4/c1-3-13(4-2)9-11-18-16-10-12-21-15-8-6-5-7-14(15)19-17(21)20-16/h5-8,10,12-13H,3-4,9,11H2,1-2H3,(H,18,19,20). The average Bonchev–Trinajstić information content (AvgIpc) is 2.89. The predicted octanol–water partition coefficient (Wildman–Crippen LogP) is 4.12. The molecule has 2 heterocycles. The molecule has 0 spiro atoms. The Kier molecular flexibility index (Phi) is 4.04. The summed E-state index contributed by atoms with van der Waals surface area (Å²) in [5.41, 5.74) is 2.09. The molecule has 0 atom stereocenters. The molecule has 2 aromatic heterocycles. The first-order chi connectivity index (χ1) is 10.3. The van der Waals surface area contributed by atoms with Crippen LogP contribution in [-0.4, -0.2) is 20.9 Å². The van der Waals surface area contributed by atoms with Gasteiger partial charge in [-0.1, -0.05) is 38.8 Å². The Morgan fingerprint density at radius 2 is 1.90 bits per heavy atom. The van der Waals surface area contributed by atoms with E-state index in [1.165, 1.54) is 19.3 Å². The van der Waals surface area contributed by atoms with Gasteiger partial charge in [0.05, 0.1) is 11.0 Å². The highest BCUT2D eigenvalue weighted by Gasteiger charge is 2.06. The SMILES string of the molecule is CCC(CC)CCNc1ccn2c(n1)nc1ccccc12. The highest BCUT2D eigenvalue weighted by Crippen LogP contribution is 2.17. The van der Waals surface area contributed by atoms with Crippen LogP contribution in [-0.2, 0) is 0 Å². The van der Waals surface area contributed by atoms with Crippen molar-refractivity contribution in [3.05, 3.63) is 36.5 Å². The van der Waals surface area contributed by atoms with E-state index in [0.29, 0.717) is 0 Å². The van der Waals surface area contributed by atoms with Gasteiger partial charge in [-0.2, -0.15) is 4.98 Å². The number of aromatic nitrogens is 3. The molecule has 0 unspecified atom stereocenters. The molecule has 110 valence electrons. The first-order valence-electron chi connectivity index (χ1n) is 7.79. The zero-order valence-corrected chi connectivity index (χ0v) is 12.7. The van der Waals surface area contributed by atoms with Crippen LogP contribution in [0.2, 0.25) is 0 Å². The molecule has 4 nitrogen and oxygen atoms in total. The fourth-order valence-corrected chi connectivity index (χ4v) is 2.75. The number of anilines is 1. The molecule has 0 radical (unpaired) electrons. The van der Waals surface area contributed by atoms with Crippen LogP contribution in [0.15, 0.2) is 36.5 Å². The van der Waals surface area contributed by atoms with Crippen LogP contribution in [0.25, 0.3) is 16.8 Å². The fraction of sp³-hybridized carbons (Fsp3) is 0.412. The number of hydrogen-bond donors (Lipinski definition) is 1. The molecule has 3 aromatic rings. The van der Waals surface area contributed by atoms with Crippen molar-refractivity contribution < 1.29 is 0 Å². The molecule has 21 heavy (non-hydrogen) atoms. The Morgan fingerprint density at radius 1 is 1.10 bits per heavy atom. The molecule has 1 aromatic carbocycles. The van der Waals surface area contributed by atoms with E-state index in [9.17, 15) is 0 Å². The molecule has 0 saturated carbocycles. The lowest BCUT2D eigenvalue weighted by atomic mass is 10.00. The number of hydrogen-bond acceptors (Lipinski definition) is 3. The number of nitrogens with one attached hydrogen (secondary N) is 1. The maximum Gasteiger partial charge on any atom is 0.236 e. The molecule has 1 N–H and O–H groups in total. The first-order valence-corrected chi connectivity index (χ1v) is 7.79. The third-order valence-electron chi connectivity index (χ3n) is 4.19. The van der Waals surface area contributed by atoms with Crippen molar-refractivity contribution in [2.24, 2.45) is 5.92 Å². The average molecular weight is 282 g/mol. The summed E-state index contributed by atoms with van der Waals surface area (Å²) in [4.78, 5) is 9.16. The molecule has 0 aliphatic carbocycles. The van der Waals surface area contributed by atoms with Gasteiger partial charge in [0.25, 0.3) is 0 Å². The summed E-state index contributed by atoms with van der Waals surface area (Å²) in [6.07, 6.45) is 5.72. The first kappa shape index (κ1) is 13.9. The number of nitrogens with zero attached hydrogens (tertiary/aromatic N) is 3. The molecular formula is C17H22N4. The van der Waals surface area contributed by atoms with Crippen LogP contribution in [0.3, 0.4) is 0 Å². The summed E-state index contributed by atoms with van der Waals surface area (Å²) < 4.78 is 2.03. The van der Waals surface area contributed by atoms with Gasteiger partial charge in [0.2, 0.25) is 5.78 Å². The highest BCUT2D eigenvalue weighted by atomic mass is 15.1. The number of fused-ring (bicyclic) bond motifs is 3. The van der Waals surface area contributed by atoms with Crippen molar-refractivity contribution in [1.82, 2.24) is 14.4 Å². The van der Waals surface area contributed by atoms with Crippen LogP contribution in [0.4, 0.5) is 5.82 Å². The fourth-order valence-electron chi connectivity index (χ4n) is 2.75. The maximum atomic E-state index is 4.60. The van der Waals surface area contributed by atoms with Gasteiger partial charge in [0.1, 0.15) is 5.82 Å². The lowest BCUT2D eigenvalue weighted by Gasteiger charge is -2.12. The zero-order chi connectivity index (χ0) is 14.7. The van der Waals surface area contributed by atoms with Gasteiger partial charge >= 0.3 is 0 Å². The molecule has 3 rings (SSSR count). The number of rotatable bonds is 6. The van der Waals surface area contributed by atoms with E-state index in [4.69, 9.17) is 0 Å². The van der Waals surface area contributed by atoms with E-state index >= 15 is 0 Å². The zero-order valence-electron chi connectivity index (χ0n) is 12.7. The molecule has 0 fully saturated rings. The van der Waals surface area contributed by atoms with Crippen molar-refractivity contribution in [3.63, 3.8) is 0 Å². The molecule has 4 heteroatoms. The van der Waals surface area contributed by atoms with Crippen LogP contribution in [0.1, 0.15) is 33.1 Å². The van der Waals surface area contributed by atoms with E-state index in [0.717, 1.165) is 35.1 Å². The molecule has 0 amide bonds. The number of imidazole rings is 1. The summed E-state index contributed by atoms with van der Waals surface area (Å²) in [5, 5.41) is 3.42. The minimum atomic E-state index is 0.753. The van der Waals surface area contributed by atoms with Gasteiger partial charge in [-0.15, -0.1) is 0 Å². The Bertz CT molecular complexity index is 728. The van der Waals surface area contributed by atoms with Crippen molar-refractivity contribution in [1.29, 1.82) is 0 Å². The molecular weight excluding hydrogens is 260 g/mol. The minimum Gasteiger partial charge on any atom is -0.370 e.